The lowest BCUT2D eigenvalue weighted by molar-refractivity contribution is -0.539. The Morgan fingerprint density at radius 1 is 1.11 bits per heavy atom. The Labute approximate surface area is 115 Å². The SMILES string of the molecule is Cc1ccccc1C1=[N+](C)C(C)C2C=CC=CC2=C1. The first-order chi connectivity index (χ1) is 9.18. The van der Waals surface area contributed by atoms with E-state index < -0.39 is 0 Å². The molecule has 1 aromatic rings. The van der Waals surface area contributed by atoms with Crippen LogP contribution in [0.3, 0.4) is 0 Å². The van der Waals surface area contributed by atoms with Crippen molar-refractivity contribution in [1.29, 1.82) is 0 Å². The minimum Gasteiger partial charge on any atom is -0.229 e. The summed E-state index contributed by atoms with van der Waals surface area (Å²) in [4.78, 5) is 0. The van der Waals surface area contributed by atoms with Crippen molar-refractivity contribution in [3.8, 4) is 0 Å². The molecule has 1 aliphatic heterocycles. The summed E-state index contributed by atoms with van der Waals surface area (Å²) in [5.74, 6) is 0.516. The van der Waals surface area contributed by atoms with E-state index in [1.165, 1.54) is 22.4 Å². The molecule has 0 saturated carbocycles. The van der Waals surface area contributed by atoms with Crippen LogP contribution in [0.1, 0.15) is 18.1 Å². The van der Waals surface area contributed by atoms with Gasteiger partial charge in [0.1, 0.15) is 7.05 Å². The number of hydrogen-bond donors (Lipinski definition) is 0. The standard InChI is InChI=1S/C18H20N/c1-13-8-4-6-10-16(13)18-12-15-9-5-7-11-17(15)14(2)19(18)3/h4-12,14,17H,1-3H3/q+1. The molecule has 1 heteroatoms. The van der Waals surface area contributed by atoms with E-state index in [1.807, 2.05) is 0 Å². The molecule has 19 heavy (non-hydrogen) atoms. The molecule has 1 aromatic carbocycles. The summed E-state index contributed by atoms with van der Waals surface area (Å²) < 4.78 is 2.40. The van der Waals surface area contributed by atoms with Gasteiger partial charge in [-0.2, -0.15) is 0 Å². The molecule has 0 amide bonds. The van der Waals surface area contributed by atoms with Gasteiger partial charge in [-0.3, -0.25) is 0 Å². The van der Waals surface area contributed by atoms with Crippen LogP contribution in [0.5, 0.6) is 0 Å². The van der Waals surface area contributed by atoms with Crippen LogP contribution in [0.2, 0.25) is 0 Å². The predicted octanol–water partition coefficient (Wildman–Crippen LogP) is 3.50. The van der Waals surface area contributed by atoms with Crippen molar-refractivity contribution in [2.45, 2.75) is 19.9 Å². The number of benzene rings is 1. The second-order valence-electron chi connectivity index (χ2n) is 5.47. The highest BCUT2D eigenvalue weighted by Gasteiger charge is 2.33. The Kier molecular flexibility index (Phi) is 2.98. The van der Waals surface area contributed by atoms with Gasteiger partial charge in [0.2, 0.25) is 5.71 Å². The molecule has 96 valence electrons. The molecule has 0 spiro atoms. The van der Waals surface area contributed by atoms with Gasteiger partial charge in [-0.25, -0.2) is 4.58 Å². The van der Waals surface area contributed by atoms with Crippen LogP contribution >= 0.6 is 0 Å². The van der Waals surface area contributed by atoms with Gasteiger partial charge in [-0.15, -0.1) is 0 Å². The van der Waals surface area contributed by atoms with Crippen molar-refractivity contribution in [2.24, 2.45) is 5.92 Å². The number of nitrogens with zero attached hydrogens (tertiary/aromatic N) is 1. The van der Waals surface area contributed by atoms with E-state index in [0.29, 0.717) is 12.0 Å². The number of fused-ring (bicyclic) bond motifs is 1. The molecule has 2 atom stereocenters. The largest absolute Gasteiger partial charge is 0.229 e. The number of rotatable bonds is 1. The zero-order chi connectivity index (χ0) is 13.4. The van der Waals surface area contributed by atoms with E-state index in [9.17, 15) is 0 Å². The Hall–Kier alpha value is -1.89. The second-order valence-corrected chi connectivity index (χ2v) is 5.47. The molecule has 2 unspecified atom stereocenters. The van der Waals surface area contributed by atoms with Crippen LogP contribution in [0.15, 0.2) is 60.2 Å². The molecular weight excluding hydrogens is 230 g/mol. The van der Waals surface area contributed by atoms with Gasteiger partial charge in [0.05, 0.1) is 5.92 Å². The molecule has 0 saturated heterocycles. The van der Waals surface area contributed by atoms with Gasteiger partial charge in [-0.05, 0) is 31.1 Å². The third-order valence-corrected chi connectivity index (χ3v) is 4.34. The monoisotopic (exact) mass is 250 g/mol. The smallest absolute Gasteiger partial charge is 0.207 e. The van der Waals surface area contributed by atoms with Crippen LogP contribution in [0.25, 0.3) is 0 Å². The molecule has 1 aliphatic carbocycles. The Bertz CT molecular complexity index is 629. The van der Waals surface area contributed by atoms with Crippen molar-refractivity contribution < 1.29 is 4.58 Å². The van der Waals surface area contributed by atoms with E-state index in [0.717, 1.165) is 0 Å². The highest BCUT2D eigenvalue weighted by atomic mass is 15.0. The molecule has 1 heterocycles. The third kappa shape index (κ3) is 1.99. The molecule has 0 radical (unpaired) electrons. The van der Waals surface area contributed by atoms with E-state index in [4.69, 9.17) is 0 Å². The minimum atomic E-state index is 0.496. The zero-order valence-corrected chi connectivity index (χ0v) is 11.8. The molecule has 2 aliphatic rings. The van der Waals surface area contributed by atoms with Crippen molar-refractivity contribution in [1.82, 2.24) is 0 Å². The van der Waals surface area contributed by atoms with E-state index >= 15 is 0 Å². The quantitative estimate of drug-likeness (QED) is 0.671. The Morgan fingerprint density at radius 2 is 1.89 bits per heavy atom. The first kappa shape index (κ1) is 12.2. The normalized spacial score (nSPS) is 25.3. The first-order valence-corrected chi connectivity index (χ1v) is 6.91. The molecule has 0 fully saturated rings. The van der Waals surface area contributed by atoms with Gasteiger partial charge in [-0.1, -0.05) is 42.5 Å². The summed E-state index contributed by atoms with van der Waals surface area (Å²) in [6.07, 6.45) is 11.2. The van der Waals surface area contributed by atoms with E-state index in [1.54, 1.807) is 0 Å². The molecule has 3 rings (SSSR count). The van der Waals surface area contributed by atoms with Gasteiger partial charge in [0.25, 0.3) is 0 Å². The minimum absolute atomic E-state index is 0.496. The highest BCUT2D eigenvalue weighted by Crippen LogP contribution is 2.28. The molecular formula is C18H20N+. The van der Waals surface area contributed by atoms with Gasteiger partial charge in [0, 0.05) is 11.6 Å². The maximum Gasteiger partial charge on any atom is 0.207 e. The van der Waals surface area contributed by atoms with Gasteiger partial charge < -0.3 is 0 Å². The van der Waals surface area contributed by atoms with Crippen molar-refractivity contribution in [2.75, 3.05) is 7.05 Å². The lowest BCUT2D eigenvalue weighted by atomic mass is 9.83. The van der Waals surface area contributed by atoms with E-state index in [2.05, 4.69) is 80.1 Å². The number of hydrogen-bond acceptors (Lipinski definition) is 0. The van der Waals surface area contributed by atoms with Crippen molar-refractivity contribution in [3.63, 3.8) is 0 Å². The fourth-order valence-corrected chi connectivity index (χ4v) is 3.00. The van der Waals surface area contributed by atoms with Gasteiger partial charge >= 0.3 is 0 Å². The van der Waals surface area contributed by atoms with Crippen LogP contribution in [0.4, 0.5) is 0 Å². The Morgan fingerprint density at radius 3 is 2.68 bits per heavy atom. The lowest BCUT2D eigenvalue weighted by Gasteiger charge is -2.26. The fourth-order valence-electron chi connectivity index (χ4n) is 3.00. The average molecular weight is 250 g/mol. The summed E-state index contributed by atoms with van der Waals surface area (Å²) in [5, 5.41) is 0. The summed E-state index contributed by atoms with van der Waals surface area (Å²) >= 11 is 0. The maximum atomic E-state index is 2.40. The van der Waals surface area contributed by atoms with Crippen molar-refractivity contribution >= 4 is 5.71 Å². The summed E-state index contributed by atoms with van der Waals surface area (Å²) in [7, 11) is 2.20. The zero-order valence-electron chi connectivity index (χ0n) is 11.8. The highest BCUT2D eigenvalue weighted by molar-refractivity contribution is 6.07. The molecule has 0 N–H and O–H groups in total. The van der Waals surface area contributed by atoms with Crippen LogP contribution in [-0.4, -0.2) is 23.4 Å². The molecule has 1 nitrogen and oxygen atoms in total. The average Bonchev–Trinajstić information content (AvgIpc) is 2.44. The fraction of sp³-hybridized carbons (Fsp3) is 0.278. The van der Waals surface area contributed by atoms with Gasteiger partial charge in [0.15, 0.2) is 6.04 Å². The van der Waals surface area contributed by atoms with Crippen molar-refractivity contribution in [3.05, 3.63) is 71.3 Å². The third-order valence-electron chi connectivity index (χ3n) is 4.34. The summed E-state index contributed by atoms with van der Waals surface area (Å²) in [5.41, 5.74) is 5.43. The Balaban J connectivity index is 2.14. The first-order valence-electron chi connectivity index (χ1n) is 6.91. The molecule has 0 bridgehead atoms. The second kappa shape index (κ2) is 4.65. The topological polar surface area (TPSA) is 3.01 Å². The number of allylic oxidation sites excluding steroid dienone is 4. The maximum absolute atomic E-state index is 2.40. The van der Waals surface area contributed by atoms with Crippen LogP contribution in [0, 0.1) is 12.8 Å². The number of aryl methyl sites for hydroxylation is 1. The molecule has 0 aromatic heterocycles. The lowest BCUT2D eigenvalue weighted by Crippen LogP contribution is -2.37. The summed E-state index contributed by atoms with van der Waals surface area (Å²) in [6, 6.07) is 9.12. The van der Waals surface area contributed by atoms with Crippen LogP contribution < -0.4 is 0 Å². The van der Waals surface area contributed by atoms with E-state index in [-0.39, 0.29) is 0 Å². The van der Waals surface area contributed by atoms with Crippen LogP contribution in [-0.2, 0) is 0 Å². The summed E-state index contributed by atoms with van der Waals surface area (Å²) in [6.45, 7) is 4.49. The predicted molar refractivity (Wildman–Crippen MR) is 80.8 cm³/mol.